The van der Waals surface area contributed by atoms with E-state index in [0.717, 1.165) is 11.4 Å². The van der Waals surface area contributed by atoms with E-state index in [1.54, 1.807) is 16.9 Å². The third-order valence-corrected chi connectivity index (χ3v) is 2.44. The lowest BCUT2D eigenvalue weighted by Crippen LogP contribution is -2.08. The van der Waals surface area contributed by atoms with Crippen LogP contribution in [0.4, 0.5) is 5.69 Å². The Labute approximate surface area is 99.7 Å². The van der Waals surface area contributed by atoms with E-state index in [9.17, 15) is 0 Å². The van der Waals surface area contributed by atoms with Crippen LogP contribution in [0.3, 0.4) is 0 Å². The van der Waals surface area contributed by atoms with Crippen LogP contribution in [0.15, 0.2) is 30.6 Å². The molecular weight excluding hydrogens is 214 g/mol. The van der Waals surface area contributed by atoms with Crippen molar-refractivity contribution in [1.82, 2.24) is 14.8 Å². The fraction of sp³-hybridized carbons (Fsp3) is 0.250. The molecule has 1 unspecified atom stereocenters. The molecule has 0 spiro atoms. The largest absolute Gasteiger partial charge is 0.376 e. The molecule has 0 bridgehead atoms. The van der Waals surface area contributed by atoms with Crippen LogP contribution >= 0.6 is 0 Å². The van der Waals surface area contributed by atoms with Crippen molar-refractivity contribution in [3.05, 3.63) is 42.0 Å². The van der Waals surface area contributed by atoms with E-state index < -0.39 is 0 Å². The lowest BCUT2D eigenvalue weighted by molar-refractivity contribution is 0.718. The molecule has 0 amide bonds. The summed E-state index contributed by atoms with van der Waals surface area (Å²) in [5.74, 6) is 0. The molecule has 2 rings (SSSR count). The van der Waals surface area contributed by atoms with E-state index in [4.69, 9.17) is 5.26 Å². The number of nitrogens with one attached hydrogen (secondary N) is 1. The fourth-order valence-corrected chi connectivity index (χ4v) is 1.53. The van der Waals surface area contributed by atoms with Crippen LogP contribution in [0, 0.1) is 11.3 Å². The minimum atomic E-state index is 0.103. The average Bonchev–Trinajstić information content (AvgIpc) is 2.77. The maximum atomic E-state index is 8.65. The minimum absolute atomic E-state index is 0.103. The van der Waals surface area contributed by atoms with Gasteiger partial charge in [0.15, 0.2) is 0 Å². The first kappa shape index (κ1) is 11.1. The van der Waals surface area contributed by atoms with Gasteiger partial charge < -0.3 is 5.32 Å². The molecule has 0 radical (unpaired) electrons. The highest BCUT2D eigenvalue weighted by molar-refractivity contribution is 5.44. The van der Waals surface area contributed by atoms with Gasteiger partial charge in [0.1, 0.15) is 11.8 Å². The number of hydrogen-bond acceptors (Lipinski definition) is 4. The number of pyridine rings is 1. The van der Waals surface area contributed by atoms with Crippen LogP contribution in [0.5, 0.6) is 0 Å². The van der Waals surface area contributed by atoms with Gasteiger partial charge in [-0.25, -0.2) is 4.98 Å². The third-order valence-electron chi connectivity index (χ3n) is 2.44. The van der Waals surface area contributed by atoms with Crippen molar-refractivity contribution in [3.8, 4) is 6.07 Å². The molecule has 0 aliphatic heterocycles. The first-order valence-corrected chi connectivity index (χ1v) is 5.31. The number of aromatic nitrogens is 3. The summed E-state index contributed by atoms with van der Waals surface area (Å²) in [4.78, 5) is 4.00. The molecule has 2 heterocycles. The Morgan fingerprint density at radius 1 is 1.41 bits per heavy atom. The van der Waals surface area contributed by atoms with E-state index in [1.165, 1.54) is 0 Å². The normalized spacial score (nSPS) is 11.8. The van der Waals surface area contributed by atoms with Crippen LogP contribution in [-0.2, 0) is 7.05 Å². The second-order valence-corrected chi connectivity index (χ2v) is 3.82. The number of nitrogens with zero attached hydrogens (tertiary/aromatic N) is 4. The molecule has 1 N–H and O–H groups in total. The maximum absolute atomic E-state index is 8.65. The van der Waals surface area contributed by atoms with E-state index in [0.29, 0.717) is 5.69 Å². The highest BCUT2D eigenvalue weighted by Gasteiger charge is 2.08. The Hall–Kier alpha value is -2.35. The van der Waals surface area contributed by atoms with E-state index in [1.807, 2.05) is 38.4 Å². The molecule has 2 aromatic rings. The van der Waals surface area contributed by atoms with Gasteiger partial charge in [-0.05, 0) is 25.1 Å². The number of anilines is 1. The summed E-state index contributed by atoms with van der Waals surface area (Å²) in [6.07, 6.45) is 3.56. The molecule has 0 aliphatic rings. The van der Waals surface area contributed by atoms with Gasteiger partial charge in [-0.2, -0.15) is 10.4 Å². The second-order valence-electron chi connectivity index (χ2n) is 3.82. The Balaban J connectivity index is 2.08. The van der Waals surface area contributed by atoms with Crippen molar-refractivity contribution >= 4 is 5.69 Å². The van der Waals surface area contributed by atoms with E-state index >= 15 is 0 Å². The SMILES string of the molecule is CC(Nc1ccc(C#N)nc1)c1ccn(C)n1. The summed E-state index contributed by atoms with van der Waals surface area (Å²) in [6.45, 7) is 2.03. The van der Waals surface area contributed by atoms with Gasteiger partial charge in [0.2, 0.25) is 0 Å². The van der Waals surface area contributed by atoms with Crippen molar-refractivity contribution in [1.29, 1.82) is 5.26 Å². The Morgan fingerprint density at radius 2 is 2.24 bits per heavy atom. The average molecular weight is 227 g/mol. The molecule has 0 saturated carbocycles. The number of hydrogen-bond donors (Lipinski definition) is 1. The van der Waals surface area contributed by atoms with Gasteiger partial charge in [0, 0.05) is 13.2 Å². The zero-order chi connectivity index (χ0) is 12.3. The fourth-order valence-electron chi connectivity index (χ4n) is 1.53. The lowest BCUT2D eigenvalue weighted by Gasteiger charge is -2.12. The molecule has 0 saturated heterocycles. The first-order valence-electron chi connectivity index (χ1n) is 5.31. The molecule has 17 heavy (non-hydrogen) atoms. The van der Waals surface area contributed by atoms with Crippen LogP contribution in [0.1, 0.15) is 24.4 Å². The third kappa shape index (κ3) is 2.61. The standard InChI is InChI=1S/C12H13N5/c1-9(12-5-6-17(2)16-12)15-11-4-3-10(7-13)14-8-11/h3-6,8-9,15H,1-2H3. The van der Waals surface area contributed by atoms with Crippen molar-refractivity contribution in [2.75, 3.05) is 5.32 Å². The monoisotopic (exact) mass is 227 g/mol. The summed E-state index contributed by atoms with van der Waals surface area (Å²) >= 11 is 0. The second kappa shape index (κ2) is 4.66. The highest BCUT2D eigenvalue weighted by Crippen LogP contribution is 2.16. The molecule has 0 fully saturated rings. The van der Waals surface area contributed by atoms with Gasteiger partial charge in [0.05, 0.1) is 23.6 Å². The van der Waals surface area contributed by atoms with Crippen LogP contribution < -0.4 is 5.32 Å². The smallest absolute Gasteiger partial charge is 0.140 e. The number of nitriles is 1. The van der Waals surface area contributed by atoms with Gasteiger partial charge in [-0.15, -0.1) is 0 Å². The highest BCUT2D eigenvalue weighted by atomic mass is 15.3. The summed E-state index contributed by atoms with van der Waals surface area (Å²) in [7, 11) is 1.89. The zero-order valence-corrected chi connectivity index (χ0v) is 9.75. The molecule has 5 heteroatoms. The van der Waals surface area contributed by atoms with E-state index in [2.05, 4.69) is 15.4 Å². The first-order chi connectivity index (χ1) is 8.19. The number of rotatable bonds is 3. The van der Waals surface area contributed by atoms with Crippen LogP contribution in [-0.4, -0.2) is 14.8 Å². The summed E-state index contributed by atoms with van der Waals surface area (Å²) < 4.78 is 1.77. The molecule has 86 valence electrons. The van der Waals surface area contributed by atoms with Crippen molar-refractivity contribution in [2.24, 2.45) is 7.05 Å². The molecule has 0 aromatic carbocycles. The van der Waals surface area contributed by atoms with Crippen LogP contribution in [0.25, 0.3) is 0 Å². The molecular formula is C12H13N5. The van der Waals surface area contributed by atoms with Crippen molar-refractivity contribution in [3.63, 3.8) is 0 Å². The van der Waals surface area contributed by atoms with Gasteiger partial charge in [0.25, 0.3) is 0 Å². The summed E-state index contributed by atoms with van der Waals surface area (Å²) in [5.41, 5.74) is 2.26. The Morgan fingerprint density at radius 3 is 2.76 bits per heavy atom. The van der Waals surface area contributed by atoms with E-state index in [-0.39, 0.29) is 6.04 Å². The van der Waals surface area contributed by atoms with Gasteiger partial charge >= 0.3 is 0 Å². The summed E-state index contributed by atoms with van der Waals surface area (Å²) in [6, 6.07) is 7.58. The number of aryl methyl sites for hydroxylation is 1. The molecule has 1 atom stereocenters. The lowest BCUT2D eigenvalue weighted by atomic mass is 10.2. The minimum Gasteiger partial charge on any atom is -0.376 e. The van der Waals surface area contributed by atoms with Crippen molar-refractivity contribution in [2.45, 2.75) is 13.0 Å². The Bertz CT molecular complexity index is 535. The summed E-state index contributed by atoms with van der Waals surface area (Å²) in [5, 5.41) is 16.2. The predicted octanol–water partition coefficient (Wildman–Crippen LogP) is 1.86. The quantitative estimate of drug-likeness (QED) is 0.869. The predicted molar refractivity (Wildman–Crippen MR) is 64.2 cm³/mol. The molecule has 2 aromatic heterocycles. The maximum Gasteiger partial charge on any atom is 0.140 e. The Kier molecular flexibility index (Phi) is 3.06. The van der Waals surface area contributed by atoms with Crippen LogP contribution in [0.2, 0.25) is 0 Å². The topological polar surface area (TPSA) is 66.5 Å². The van der Waals surface area contributed by atoms with Gasteiger partial charge in [-0.3, -0.25) is 4.68 Å². The molecule has 0 aliphatic carbocycles. The van der Waals surface area contributed by atoms with Gasteiger partial charge in [-0.1, -0.05) is 0 Å². The zero-order valence-electron chi connectivity index (χ0n) is 9.75. The van der Waals surface area contributed by atoms with Crippen molar-refractivity contribution < 1.29 is 0 Å². The molecule has 5 nitrogen and oxygen atoms in total.